The molecule has 0 saturated carbocycles. The first-order valence-corrected chi connectivity index (χ1v) is 10.6. The minimum Gasteiger partial charge on any atom is -0.436 e. The monoisotopic (exact) mass is 490 g/mol. The highest BCUT2D eigenvalue weighted by molar-refractivity contribution is 9.10. The normalized spacial score (nSPS) is 11.1. The number of nitrogens with zero attached hydrogens (tertiary/aromatic N) is 2. The van der Waals surface area contributed by atoms with E-state index in [0.29, 0.717) is 27.3 Å². The number of aromatic amines is 1. The number of H-pyrrole nitrogens is 1. The number of rotatable bonds is 4. The fourth-order valence-electron chi connectivity index (χ4n) is 3.40. The minimum atomic E-state index is -0.415. The molecule has 0 aliphatic rings. The standard InChI is InChI=1S/C24H16BrFN4O2/c1-13-2-9-20-21(10-13)32-24(29-20)18-12-27-30-22(18)14-3-6-16(7-4-14)28-23(31)17-8-5-15(26)11-19(17)25/h2-12H,1H3,(H,27,30)(H,28,31). The van der Waals surface area contributed by atoms with Crippen LogP contribution >= 0.6 is 15.9 Å². The molecule has 0 aliphatic heterocycles. The predicted molar refractivity (Wildman–Crippen MR) is 124 cm³/mol. The van der Waals surface area contributed by atoms with Crippen LogP contribution in [0.2, 0.25) is 0 Å². The number of amides is 1. The summed E-state index contributed by atoms with van der Waals surface area (Å²) in [4.78, 5) is 17.1. The van der Waals surface area contributed by atoms with E-state index in [0.717, 1.165) is 27.8 Å². The maximum absolute atomic E-state index is 13.3. The minimum absolute atomic E-state index is 0.341. The Balaban J connectivity index is 1.40. The van der Waals surface area contributed by atoms with E-state index in [1.54, 1.807) is 18.3 Å². The number of halogens is 2. The Bertz CT molecular complexity index is 1460. The number of fused-ring (bicyclic) bond motifs is 1. The molecule has 0 radical (unpaired) electrons. The van der Waals surface area contributed by atoms with Crippen LogP contribution in [-0.2, 0) is 0 Å². The molecule has 158 valence electrons. The van der Waals surface area contributed by atoms with Crippen LogP contribution in [0.25, 0.3) is 33.8 Å². The largest absolute Gasteiger partial charge is 0.436 e. The van der Waals surface area contributed by atoms with Crippen LogP contribution in [0.15, 0.2) is 75.8 Å². The summed E-state index contributed by atoms with van der Waals surface area (Å²) in [5.74, 6) is -0.276. The summed E-state index contributed by atoms with van der Waals surface area (Å²) in [7, 11) is 0. The fraction of sp³-hybridized carbons (Fsp3) is 0.0417. The number of oxazole rings is 1. The van der Waals surface area contributed by atoms with E-state index >= 15 is 0 Å². The number of nitrogens with one attached hydrogen (secondary N) is 2. The number of aromatic nitrogens is 3. The second-order valence-corrected chi connectivity index (χ2v) is 8.15. The van der Waals surface area contributed by atoms with Gasteiger partial charge in [0.25, 0.3) is 5.91 Å². The lowest BCUT2D eigenvalue weighted by atomic mass is 10.1. The highest BCUT2D eigenvalue weighted by Gasteiger charge is 2.17. The number of anilines is 1. The zero-order valence-corrected chi connectivity index (χ0v) is 18.4. The molecule has 32 heavy (non-hydrogen) atoms. The predicted octanol–water partition coefficient (Wildman–Crippen LogP) is 6.35. The summed E-state index contributed by atoms with van der Waals surface area (Å²) in [6, 6.07) is 17.0. The van der Waals surface area contributed by atoms with Gasteiger partial charge in [-0.15, -0.1) is 0 Å². The molecule has 5 aromatic rings. The molecule has 3 aromatic carbocycles. The van der Waals surface area contributed by atoms with Crippen molar-refractivity contribution in [1.82, 2.24) is 15.2 Å². The number of aryl methyl sites for hydroxylation is 1. The van der Waals surface area contributed by atoms with Crippen molar-refractivity contribution in [1.29, 1.82) is 0 Å². The molecule has 0 saturated heterocycles. The second kappa shape index (κ2) is 8.05. The third-order valence-electron chi connectivity index (χ3n) is 5.01. The molecule has 2 heterocycles. The van der Waals surface area contributed by atoms with Crippen LogP contribution in [0, 0.1) is 12.7 Å². The zero-order valence-electron chi connectivity index (χ0n) is 16.8. The van der Waals surface area contributed by atoms with Gasteiger partial charge in [-0.3, -0.25) is 9.89 Å². The van der Waals surface area contributed by atoms with Crippen molar-refractivity contribution in [3.05, 3.63) is 88.3 Å². The summed E-state index contributed by atoms with van der Waals surface area (Å²) >= 11 is 3.22. The average molecular weight is 491 g/mol. The molecule has 8 heteroatoms. The summed E-state index contributed by atoms with van der Waals surface area (Å²) in [5, 5.41) is 10.0. The topological polar surface area (TPSA) is 83.8 Å². The lowest BCUT2D eigenvalue weighted by Crippen LogP contribution is -2.12. The first-order chi connectivity index (χ1) is 15.5. The molecule has 0 bridgehead atoms. The lowest BCUT2D eigenvalue weighted by molar-refractivity contribution is 0.102. The molecule has 0 unspecified atom stereocenters. The third kappa shape index (κ3) is 3.80. The molecule has 0 spiro atoms. The van der Waals surface area contributed by atoms with Crippen LogP contribution < -0.4 is 5.32 Å². The van der Waals surface area contributed by atoms with Crippen molar-refractivity contribution in [2.45, 2.75) is 6.92 Å². The Hall–Kier alpha value is -3.78. The van der Waals surface area contributed by atoms with Gasteiger partial charge in [0, 0.05) is 21.9 Å². The van der Waals surface area contributed by atoms with Gasteiger partial charge >= 0.3 is 0 Å². The van der Waals surface area contributed by atoms with Crippen molar-refractivity contribution >= 4 is 38.6 Å². The maximum Gasteiger partial charge on any atom is 0.256 e. The van der Waals surface area contributed by atoms with E-state index in [-0.39, 0.29) is 5.91 Å². The summed E-state index contributed by atoms with van der Waals surface area (Å²) in [6.45, 7) is 2.00. The van der Waals surface area contributed by atoms with Crippen LogP contribution in [-0.4, -0.2) is 21.1 Å². The average Bonchev–Trinajstić information content (AvgIpc) is 3.40. The van der Waals surface area contributed by atoms with Gasteiger partial charge in [-0.2, -0.15) is 5.10 Å². The van der Waals surface area contributed by atoms with Crippen molar-refractivity contribution in [2.75, 3.05) is 5.32 Å². The SMILES string of the molecule is Cc1ccc2nc(-c3c[nH]nc3-c3ccc(NC(=O)c4ccc(F)cc4Br)cc3)oc2c1. The quantitative estimate of drug-likeness (QED) is 0.307. The van der Waals surface area contributed by atoms with Crippen LogP contribution in [0.1, 0.15) is 15.9 Å². The molecule has 6 nitrogen and oxygen atoms in total. The van der Waals surface area contributed by atoms with Crippen LogP contribution in [0.3, 0.4) is 0 Å². The smallest absolute Gasteiger partial charge is 0.256 e. The van der Waals surface area contributed by atoms with E-state index in [9.17, 15) is 9.18 Å². The van der Waals surface area contributed by atoms with Crippen LogP contribution in [0.5, 0.6) is 0 Å². The third-order valence-corrected chi connectivity index (χ3v) is 5.66. The molecule has 1 amide bonds. The summed E-state index contributed by atoms with van der Waals surface area (Å²) < 4.78 is 19.6. The molecule has 2 aromatic heterocycles. The molecule has 0 atom stereocenters. The Morgan fingerprint density at radius 2 is 1.91 bits per heavy atom. The van der Waals surface area contributed by atoms with E-state index < -0.39 is 5.82 Å². The number of hydrogen-bond acceptors (Lipinski definition) is 4. The zero-order chi connectivity index (χ0) is 22.2. The van der Waals surface area contributed by atoms with Gasteiger partial charge in [0.05, 0.1) is 11.1 Å². The van der Waals surface area contributed by atoms with Gasteiger partial charge in [-0.1, -0.05) is 18.2 Å². The molecule has 0 fully saturated rings. The Morgan fingerprint density at radius 1 is 1.09 bits per heavy atom. The number of carbonyl (C=O) groups excluding carboxylic acids is 1. The van der Waals surface area contributed by atoms with Gasteiger partial charge in [-0.25, -0.2) is 9.37 Å². The first-order valence-electron chi connectivity index (χ1n) is 9.76. The van der Waals surface area contributed by atoms with Gasteiger partial charge < -0.3 is 9.73 Å². The molecular formula is C24H16BrFN4O2. The van der Waals surface area contributed by atoms with Gasteiger partial charge in [0.2, 0.25) is 5.89 Å². The van der Waals surface area contributed by atoms with E-state index in [1.165, 1.54) is 18.2 Å². The molecular weight excluding hydrogens is 475 g/mol. The van der Waals surface area contributed by atoms with E-state index in [1.807, 2.05) is 37.3 Å². The van der Waals surface area contributed by atoms with Crippen LogP contribution in [0.4, 0.5) is 10.1 Å². The van der Waals surface area contributed by atoms with Crippen molar-refractivity contribution < 1.29 is 13.6 Å². The number of carbonyl (C=O) groups is 1. The van der Waals surface area contributed by atoms with Crippen molar-refractivity contribution in [3.63, 3.8) is 0 Å². The highest BCUT2D eigenvalue weighted by Crippen LogP contribution is 2.32. The van der Waals surface area contributed by atoms with Gasteiger partial charge in [0.15, 0.2) is 5.58 Å². The maximum atomic E-state index is 13.3. The first kappa shape index (κ1) is 20.1. The second-order valence-electron chi connectivity index (χ2n) is 7.29. The number of benzene rings is 3. The summed E-state index contributed by atoms with van der Waals surface area (Å²) in [6.07, 6.45) is 1.74. The Labute approximate surface area is 190 Å². The molecule has 0 aliphatic carbocycles. The Morgan fingerprint density at radius 3 is 2.69 bits per heavy atom. The van der Waals surface area contributed by atoms with Gasteiger partial charge in [0.1, 0.15) is 17.0 Å². The molecule has 5 rings (SSSR count). The highest BCUT2D eigenvalue weighted by atomic mass is 79.9. The van der Waals surface area contributed by atoms with E-state index in [2.05, 4.69) is 36.4 Å². The van der Waals surface area contributed by atoms with Gasteiger partial charge in [-0.05, 0) is 70.9 Å². The van der Waals surface area contributed by atoms with Crippen molar-refractivity contribution in [3.8, 4) is 22.7 Å². The van der Waals surface area contributed by atoms with E-state index in [4.69, 9.17) is 4.42 Å². The summed E-state index contributed by atoms with van der Waals surface area (Å²) in [5.41, 5.74) is 5.80. The Kier molecular flexibility index (Phi) is 5.07. The number of hydrogen-bond donors (Lipinski definition) is 2. The molecule has 2 N–H and O–H groups in total. The van der Waals surface area contributed by atoms with Crippen molar-refractivity contribution in [2.24, 2.45) is 0 Å². The fourth-order valence-corrected chi connectivity index (χ4v) is 3.93. The lowest BCUT2D eigenvalue weighted by Gasteiger charge is -2.08.